The van der Waals surface area contributed by atoms with Crippen molar-refractivity contribution in [1.82, 2.24) is 4.98 Å². The molecule has 1 aromatic heterocycles. The minimum Gasteiger partial charge on any atom is -0.493 e. The summed E-state index contributed by atoms with van der Waals surface area (Å²) in [5.41, 5.74) is 0.593. The predicted molar refractivity (Wildman–Crippen MR) is 91.4 cm³/mol. The van der Waals surface area contributed by atoms with Gasteiger partial charge in [-0.2, -0.15) is 0 Å². The zero-order valence-corrected chi connectivity index (χ0v) is 14.0. The van der Waals surface area contributed by atoms with Crippen LogP contribution in [-0.2, 0) is 9.53 Å². The van der Waals surface area contributed by atoms with Crippen molar-refractivity contribution in [3.05, 3.63) is 48.4 Å². The van der Waals surface area contributed by atoms with E-state index in [0.717, 1.165) is 0 Å². The Balaban J connectivity index is 1.66. The van der Waals surface area contributed by atoms with E-state index in [-0.39, 0.29) is 11.7 Å². The van der Waals surface area contributed by atoms with Gasteiger partial charge in [0.25, 0.3) is 0 Å². The number of hydrogen-bond donors (Lipinski definition) is 1. The number of carbonyl (C=O) groups is 1. The van der Waals surface area contributed by atoms with Crippen molar-refractivity contribution in [1.29, 1.82) is 0 Å². The molecule has 0 fully saturated rings. The lowest BCUT2D eigenvalue weighted by atomic mass is 10.3. The third kappa shape index (κ3) is 7.17. The fourth-order valence-corrected chi connectivity index (χ4v) is 1.97. The number of hydrogen-bond acceptors (Lipinski definition) is 5. The smallest absolute Gasteiger partial charge is 0.224 e. The monoisotopic (exact) mass is 348 g/mol. The summed E-state index contributed by atoms with van der Waals surface area (Å²) < 4.78 is 28.6. The number of rotatable bonds is 10. The first kappa shape index (κ1) is 18.7. The Labute approximate surface area is 145 Å². The average molecular weight is 348 g/mol. The molecular weight excluding hydrogens is 327 g/mol. The lowest BCUT2D eigenvalue weighted by Gasteiger charge is -2.08. The summed E-state index contributed by atoms with van der Waals surface area (Å²) in [7, 11) is 1.60. The van der Waals surface area contributed by atoms with Crippen molar-refractivity contribution in [2.24, 2.45) is 0 Å². The molecule has 25 heavy (non-hydrogen) atoms. The topological polar surface area (TPSA) is 69.7 Å². The molecule has 134 valence electrons. The van der Waals surface area contributed by atoms with Crippen LogP contribution in [0.2, 0.25) is 0 Å². The van der Waals surface area contributed by atoms with E-state index >= 15 is 0 Å². The molecule has 2 rings (SSSR count). The highest BCUT2D eigenvalue weighted by atomic mass is 19.1. The average Bonchev–Trinajstić information content (AvgIpc) is 2.61. The first-order valence-electron chi connectivity index (χ1n) is 7.93. The first-order valence-corrected chi connectivity index (χ1v) is 7.93. The van der Waals surface area contributed by atoms with Crippen LogP contribution in [0.1, 0.15) is 12.8 Å². The van der Waals surface area contributed by atoms with E-state index in [1.807, 2.05) is 0 Å². The minimum absolute atomic E-state index is 0.141. The molecule has 0 spiro atoms. The molecule has 1 heterocycles. The highest BCUT2D eigenvalue weighted by Crippen LogP contribution is 2.14. The molecule has 0 saturated heterocycles. The standard InChI is InChI=1S/C18H21FN2O4/c1-23-10-11-25-18-8-7-15(13-20-18)21-17(22)6-3-9-24-16-5-2-4-14(19)12-16/h2,4-5,7-8,12-13H,3,6,9-11H2,1H3,(H,21,22). The van der Waals surface area contributed by atoms with Gasteiger partial charge in [0.15, 0.2) is 0 Å². The van der Waals surface area contributed by atoms with Crippen LogP contribution in [0, 0.1) is 5.82 Å². The highest BCUT2D eigenvalue weighted by Gasteiger charge is 2.04. The van der Waals surface area contributed by atoms with Crippen molar-refractivity contribution < 1.29 is 23.4 Å². The number of aromatic nitrogens is 1. The number of ether oxygens (including phenoxy) is 3. The van der Waals surface area contributed by atoms with Crippen molar-refractivity contribution >= 4 is 11.6 Å². The molecule has 0 aliphatic carbocycles. The zero-order valence-electron chi connectivity index (χ0n) is 14.0. The van der Waals surface area contributed by atoms with Gasteiger partial charge in [-0.05, 0) is 24.6 Å². The summed E-state index contributed by atoms with van der Waals surface area (Å²) in [5, 5.41) is 2.75. The second-order valence-corrected chi connectivity index (χ2v) is 5.18. The molecule has 1 aromatic carbocycles. The van der Waals surface area contributed by atoms with E-state index in [9.17, 15) is 9.18 Å². The fraction of sp³-hybridized carbons (Fsp3) is 0.333. The number of nitrogens with one attached hydrogen (secondary N) is 1. The van der Waals surface area contributed by atoms with Crippen LogP contribution in [0.15, 0.2) is 42.6 Å². The molecule has 1 N–H and O–H groups in total. The maximum Gasteiger partial charge on any atom is 0.224 e. The number of nitrogens with zero attached hydrogens (tertiary/aromatic N) is 1. The van der Waals surface area contributed by atoms with Gasteiger partial charge in [-0.15, -0.1) is 0 Å². The molecule has 7 heteroatoms. The third-order valence-corrected chi connectivity index (χ3v) is 3.17. The number of halogens is 1. The van der Waals surface area contributed by atoms with Gasteiger partial charge in [-0.1, -0.05) is 6.07 Å². The number of anilines is 1. The Morgan fingerprint density at radius 2 is 2.04 bits per heavy atom. The number of benzene rings is 1. The van der Waals surface area contributed by atoms with Crippen LogP contribution in [-0.4, -0.2) is 37.8 Å². The summed E-state index contributed by atoms with van der Waals surface area (Å²) in [5.74, 6) is 0.433. The largest absolute Gasteiger partial charge is 0.493 e. The normalized spacial score (nSPS) is 10.3. The van der Waals surface area contributed by atoms with Crippen LogP contribution in [0.25, 0.3) is 0 Å². The second kappa shape index (κ2) is 10.2. The van der Waals surface area contributed by atoms with Gasteiger partial charge in [-0.25, -0.2) is 9.37 Å². The summed E-state index contributed by atoms with van der Waals surface area (Å²) in [4.78, 5) is 16.0. The zero-order chi connectivity index (χ0) is 17.9. The molecule has 2 aromatic rings. The SMILES string of the molecule is COCCOc1ccc(NC(=O)CCCOc2cccc(F)c2)cn1. The van der Waals surface area contributed by atoms with Gasteiger partial charge >= 0.3 is 0 Å². The Bertz CT molecular complexity index is 664. The maximum atomic E-state index is 13.0. The van der Waals surface area contributed by atoms with E-state index in [0.29, 0.717) is 50.0 Å². The van der Waals surface area contributed by atoms with E-state index in [1.165, 1.54) is 18.3 Å². The number of amides is 1. The minimum atomic E-state index is -0.350. The van der Waals surface area contributed by atoms with Crippen molar-refractivity contribution in [2.45, 2.75) is 12.8 Å². The summed E-state index contributed by atoms with van der Waals surface area (Å²) in [6, 6.07) is 9.30. The van der Waals surface area contributed by atoms with Crippen LogP contribution < -0.4 is 14.8 Å². The Kier molecular flexibility index (Phi) is 7.65. The lowest BCUT2D eigenvalue weighted by molar-refractivity contribution is -0.116. The predicted octanol–water partition coefficient (Wildman–Crippen LogP) is 3.04. The third-order valence-electron chi connectivity index (χ3n) is 3.17. The molecular formula is C18H21FN2O4. The summed E-state index contributed by atoms with van der Waals surface area (Å²) >= 11 is 0. The molecule has 0 aliphatic rings. The lowest BCUT2D eigenvalue weighted by Crippen LogP contribution is -2.13. The first-order chi connectivity index (χ1) is 12.2. The maximum absolute atomic E-state index is 13.0. The van der Waals surface area contributed by atoms with Gasteiger partial charge in [-0.3, -0.25) is 4.79 Å². The van der Waals surface area contributed by atoms with Gasteiger partial charge in [0.1, 0.15) is 18.2 Å². The summed E-state index contributed by atoms with van der Waals surface area (Å²) in [6.07, 6.45) is 2.35. The molecule has 0 atom stereocenters. The molecule has 0 radical (unpaired) electrons. The Morgan fingerprint density at radius 3 is 2.76 bits per heavy atom. The number of pyridine rings is 1. The Hall–Kier alpha value is -2.67. The fourth-order valence-electron chi connectivity index (χ4n) is 1.97. The molecule has 6 nitrogen and oxygen atoms in total. The van der Waals surface area contributed by atoms with Gasteiger partial charge < -0.3 is 19.5 Å². The summed E-state index contributed by atoms with van der Waals surface area (Å²) in [6.45, 7) is 1.24. The molecule has 0 saturated carbocycles. The van der Waals surface area contributed by atoms with Crippen LogP contribution in [0.4, 0.5) is 10.1 Å². The molecule has 1 amide bonds. The molecule has 0 unspecified atom stereocenters. The molecule has 0 bridgehead atoms. The second-order valence-electron chi connectivity index (χ2n) is 5.18. The van der Waals surface area contributed by atoms with Crippen molar-refractivity contribution in [3.8, 4) is 11.6 Å². The van der Waals surface area contributed by atoms with Crippen LogP contribution in [0.5, 0.6) is 11.6 Å². The van der Waals surface area contributed by atoms with Gasteiger partial charge in [0, 0.05) is 25.7 Å². The van der Waals surface area contributed by atoms with E-state index in [1.54, 1.807) is 31.4 Å². The Morgan fingerprint density at radius 1 is 1.16 bits per heavy atom. The van der Waals surface area contributed by atoms with Crippen molar-refractivity contribution in [3.63, 3.8) is 0 Å². The van der Waals surface area contributed by atoms with Crippen LogP contribution >= 0.6 is 0 Å². The van der Waals surface area contributed by atoms with E-state index < -0.39 is 0 Å². The van der Waals surface area contributed by atoms with Gasteiger partial charge in [0.05, 0.1) is 25.1 Å². The number of methoxy groups -OCH3 is 1. The van der Waals surface area contributed by atoms with E-state index in [4.69, 9.17) is 14.2 Å². The van der Waals surface area contributed by atoms with Crippen LogP contribution in [0.3, 0.4) is 0 Å². The number of carbonyl (C=O) groups excluding carboxylic acids is 1. The quantitative estimate of drug-likeness (QED) is 0.668. The molecule has 0 aliphatic heterocycles. The van der Waals surface area contributed by atoms with E-state index in [2.05, 4.69) is 10.3 Å². The highest BCUT2D eigenvalue weighted by molar-refractivity contribution is 5.90. The van der Waals surface area contributed by atoms with Crippen molar-refractivity contribution in [2.75, 3.05) is 32.2 Å². The van der Waals surface area contributed by atoms with Gasteiger partial charge in [0.2, 0.25) is 11.8 Å².